The van der Waals surface area contributed by atoms with Gasteiger partial charge in [-0.25, -0.2) is 0 Å². The van der Waals surface area contributed by atoms with E-state index in [-0.39, 0.29) is 11.9 Å². The summed E-state index contributed by atoms with van der Waals surface area (Å²) in [7, 11) is 1.38. The molecule has 0 fully saturated rings. The van der Waals surface area contributed by atoms with E-state index in [0.29, 0.717) is 0 Å². The molecule has 1 aromatic heterocycles. The van der Waals surface area contributed by atoms with Crippen molar-refractivity contribution in [3.63, 3.8) is 0 Å². The average molecular weight is 165 g/mol. The SMILES string of the molecule is COC(=O)[C@H](C)c1ccccn1. The van der Waals surface area contributed by atoms with Gasteiger partial charge in [0.25, 0.3) is 0 Å². The van der Waals surface area contributed by atoms with Gasteiger partial charge < -0.3 is 4.74 Å². The number of methoxy groups -OCH3 is 1. The first kappa shape index (κ1) is 8.71. The predicted molar refractivity (Wildman–Crippen MR) is 44.7 cm³/mol. The third-order valence-electron chi connectivity index (χ3n) is 1.69. The van der Waals surface area contributed by atoms with Crippen LogP contribution >= 0.6 is 0 Å². The predicted octanol–water partition coefficient (Wildman–Crippen LogP) is 1.36. The molecule has 0 aliphatic rings. The smallest absolute Gasteiger partial charge is 0.314 e. The van der Waals surface area contributed by atoms with E-state index in [9.17, 15) is 4.79 Å². The van der Waals surface area contributed by atoms with Gasteiger partial charge in [-0.3, -0.25) is 9.78 Å². The Morgan fingerprint density at radius 3 is 2.83 bits per heavy atom. The molecule has 0 aromatic carbocycles. The van der Waals surface area contributed by atoms with Crippen molar-refractivity contribution in [3.05, 3.63) is 30.1 Å². The van der Waals surface area contributed by atoms with Crippen LogP contribution in [0.2, 0.25) is 0 Å². The molecule has 0 amide bonds. The summed E-state index contributed by atoms with van der Waals surface area (Å²) in [5.41, 5.74) is 0.740. The van der Waals surface area contributed by atoms with Gasteiger partial charge >= 0.3 is 5.97 Å². The van der Waals surface area contributed by atoms with Crippen LogP contribution in [0.4, 0.5) is 0 Å². The zero-order valence-electron chi connectivity index (χ0n) is 7.15. The van der Waals surface area contributed by atoms with E-state index in [1.165, 1.54) is 7.11 Å². The second-order valence-corrected chi connectivity index (χ2v) is 2.50. The van der Waals surface area contributed by atoms with Crippen molar-refractivity contribution in [2.45, 2.75) is 12.8 Å². The highest BCUT2D eigenvalue weighted by Gasteiger charge is 2.15. The molecule has 0 radical (unpaired) electrons. The highest BCUT2D eigenvalue weighted by atomic mass is 16.5. The van der Waals surface area contributed by atoms with Crippen LogP contribution in [0.5, 0.6) is 0 Å². The highest BCUT2D eigenvalue weighted by molar-refractivity contribution is 5.76. The first-order valence-electron chi connectivity index (χ1n) is 3.74. The molecule has 0 saturated heterocycles. The molecule has 1 heterocycles. The first-order valence-corrected chi connectivity index (χ1v) is 3.74. The van der Waals surface area contributed by atoms with Gasteiger partial charge in [-0.15, -0.1) is 0 Å². The molecule has 0 saturated carbocycles. The molecule has 0 bridgehead atoms. The summed E-state index contributed by atoms with van der Waals surface area (Å²) in [5.74, 6) is -0.537. The summed E-state index contributed by atoms with van der Waals surface area (Å²) < 4.78 is 4.59. The fraction of sp³-hybridized carbons (Fsp3) is 0.333. The highest BCUT2D eigenvalue weighted by Crippen LogP contribution is 2.12. The zero-order chi connectivity index (χ0) is 8.97. The van der Waals surface area contributed by atoms with Crippen LogP contribution in [0.1, 0.15) is 18.5 Å². The van der Waals surface area contributed by atoms with E-state index in [4.69, 9.17) is 0 Å². The molecule has 1 aromatic rings. The Bertz CT molecular complexity index is 258. The van der Waals surface area contributed by atoms with Gasteiger partial charge in [-0.1, -0.05) is 6.07 Å². The zero-order valence-corrected chi connectivity index (χ0v) is 7.15. The summed E-state index contributed by atoms with van der Waals surface area (Å²) in [6.07, 6.45) is 1.66. The standard InChI is InChI=1S/C9H11NO2/c1-7(9(11)12-2)8-5-3-4-6-10-8/h3-7H,1-2H3/t7-/m1/s1. The summed E-state index contributed by atoms with van der Waals surface area (Å²) in [6, 6.07) is 5.47. The largest absolute Gasteiger partial charge is 0.469 e. The molecule has 0 unspecified atom stereocenters. The third-order valence-corrected chi connectivity index (χ3v) is 1.69. The van der Waals surface area contributed by atoms with Crippen LogP contribution in [0.15, 0.2) is 24.4 Å². The molecule has 0 spiro atoms. The lowest BCUT2D eigenvalue weighted by Crippen LogP contribution is -2.11. The molecule has 64 valence electrons. The van der Waals surface area contributed by atoms with Crippen molar-refractivity contribution in [1.29, 1.82) is 0 Å². The van der Waals surface area contributed by atoms with Gasteiger partial charge in [0.05, 0.1) is 18.7 Å². The maximum absolute atomic E-state index is 11.1. The second-order valence-electron chi connectivity index (χ2n) is 2.50. The summed E-state index contributed by atoms with van der Waals surface area (Å²) in [4.78, 5) is 15.1. The molecule has 12 heavy (non-hydrogen) atoms. The number of hydrogen-bond acceptors (Lipinski definition) is 3. The fourth-order valence-electron chi connectivity index (χ4n) is 0.930. The Labute approximate surface area is 71.4 Å². The number of nitrogens with zero attached hydrogens (tertiary/aromatic N) is 1. The number of carbonyl (C=O) groups is 1. The molecule has 0 aliphatic carbocycles. The van der Waals surface area contributed by atoms with Crippen molar-refractivity contribution < 1.29 is 9.53 Å². The topological polar surface area (TPSA) is 39.2 Å². The number of rotatable bonds is 2. The second kappa shape index (κ2) is 3.85. The van der Waals surface area contributed by atoms with E-state index in [1.807, 2.05) is 18.2 Å². The number of ether oxygens (including phenoxy) is 1. The third kappa shape index (κ3) is 1.81. The lowest BCUT2D eigenvalue weighted by Gasteiger charge is -2.06. The Hall–Kier alpha value is -1.38. The molecular weight excluding hydrogens is 154 g/mol. The summed E-state index contributed by atoms with van der Waals surface area (Å²) in [6.45, 7) is 1.77. The first-order chi connectivity index (χ1) is 5.75. The Balaban J connectivity index is 2.78. The van der Waals surface area contributed by atoms with Crippen LogP contribution in [0.3, 0.4) is 0 Å². The molecule has 3 heteroatoms. The van der Waals surface area contributed by atoms with Crippen LogP contribution < -0.4 is 0 Å². The van der Waals surface area contributed by atoms with E-state index < -0.39 is 0 Å². The molecule has 0 N–H and O–H groups in total. The maximum atomic E-state index is 11.1. The minimum atomic E-state index is -0.281. The lowest BCUT2D eigenvalue weighted by atomic mass is 10.1. The number of carbonyl (C=O) groups excluding carboxylic acids is 1. The minimum absolute atomic E-state index is 0.256. The number of pyridine rings is 1. The molecule has 0 aliphatic heterocycles. The van der Waals surface area contributed by atoms with Crippen LogP contribution in [0, 0.1) is 0 Å². The monoisotopic (exact) mass is 165 g/mol. The molecular formula is C9H11NO2. The van der Waals surface area contributed by atoms with Gasteiger partial charge in [0.15, 0.2) is 0 Å². The summed E-state index contributed by atoms with van der Waals surface area (Å²) >= 11 is 0. The molecule has 1 rings (SSSR count). The lowest BCUT2D eigenvalue weighted by molar-refractivity contribution is -0.142. The average Bonchev–Trinajstić information content (AvgIpc) is 2.17. The number of aromatic nitrogens is 1. The van der Waals surface area contributed by atoms with Gasteiger partial charge in [0, 0.05) is 6.20 Å². The normalized spacial score (nSPS) is 12.2. The maximum Gasteiger partial charge on any atom is 0.314 e. The van der Waals surface area contributed by atoms with Crippen molar-refractivity contribution in [1.82, 2.24) is 4.98 Å². The van der Waals surface area contributed by atoms with E-state index in [0.717, 1.165) is 5.69 Å². The van der Waals surface area contributed by atoms with Gasteiger partial charge in [-0.05, 0) is 19.1 Å². The minimum Gasteiger partial charge on any atom is -0.469 e. The quantitative estimate of drug-likeness (QED) is 0.621. The Morgan fingerprint density at radius 1 is 1.58 bits per heavy atom. The van der Waals surface area contributed by atoms with E-state index in [1.54, 1.807) is 13.1 Å². The van der Waals surface area contributed by atoms with E-state index in [2.05, 4.69) is 9.72 Å². The van der Waals surface area contributed by atoms with Crippen molar-refractivity contribution in [2.75, 3.05) is 7.11 Å². The Morgan fingerprint density at radius 2 is 2.33 bits per heavy atom. The van der Waals surface area contributed by atoms with Gasteiger partial charge in [-0.2, -0.15) is 0 Å². The number of hydrogen-bond donors (Lipinski definition) is 0. The molecule has 3 nitrogen and oxygen atoms in total. The van der Waals surface area contributed by atoms with Gasteiger partial charge in [0.2, 0.25) is 0 Å². The Kier molecular flexibility index (Phi) is 2.80. The van der Waals surface area contributed by atoms with Crippen molar-refractivity contribution in [3.8, 4) is 0 Å². The van der Waals surface area contributed by atoms with Crippen molar-refractivity contribution in [2.24, 2.45) is 0 Å². The van der Waals surface area contributed by atoms with Crippen LogP contribution in [0.25, 0.3) is 0 Å². The summed E-state index contributed by atoms with van der Waals surface area (Å²) in [5, 5.41) is 0. The van der Waals surface area contributed by atoms with Gasteiger partial charge in [0.1, 0.15) is 0 Å². The van der Waals surface area contributed by atoms with Crippen LogP contribution in [-0.4, -0.2) is 18.1 Å². The number of esters is 1. The van der Waals surface area contributed by atoms with Crippen LogP contribution in [-0.2, 0) is 9.53 Å². The van der Waals surface area contributed by atoms with Crippen molar-refractivity contribution >= 4 is 5.97 Å². The molecule has 1 atom stereocenters. The van der Waals surface area contributed by atoms with E-state index >= 15 is 0 Å². The fourth-order valence-corrected chi connectivity index (χ4v) is 0.930.